The Kier molecular flexibility index (Phi) is 3.82. The number of rotatable bonds is 3. The number of aryl methyl sites for hydroxylation is 1. The number of fused-ring (bicyclic) bond motifs is 1. The van der Waals surface area contributed by atoms with Crippen LogP contribution in [-0.4, -0.2) is 4.98 Å². The topological polar surface area (TPSA) is 61.9 Å². The molecule has 0 spiro atoms. The molecular formula is C17H12ClN3O. The third-order valence-electron chi connectivity index (χ3n) is 3.22. The monoisotopic (exact) mass is 309 g/mol. The van der Waals surface area contributed by atoms with E-state index >= 15 is 0 Å². The number of nitrogens with one attached hydrogen (secondary N) is 1. The summed E-state index contributed by atoms with van der Waals surface area (Å²) in [7, 11) is 0. The summed E-state index contributed by atoms with van der Waals surface area (Å²) in [6, 6.07) is 15.1. The molecule has 0 bridgehead atoms. The number of halogens is 1. The summed E-state index contributed by atoms with van der Waals surface area (Å²) < 4.78 is 5.59. The summed E-state index contributed by atoms with van der Waals surface area (Å²) in [6.07, 6.45) is 1.59. The number of nitrogens with zero attached hydrogens (tertiary/aromatic N) is 2. The van der Waals surface area contributed by atoms with Crippen molar-refractivity contribution >= 4 is 34.0 Å². The molecule has 0 unspecified atom stereocenters. The van der Waals surface area contributed by atoms with Crippen LogP contribution in [0.2, 0.25) is 5.02 Å². The molecule has 4 nitrogen and oxygen atoms in total. The Morgan fingerprint density at radius 1 is 1.32 bits per heavy atom. The Morgan fingerprint density at radius 2 is 2.14 bits per heavy atom. The van der Waals surface area contributed by atoms with Crippen LogP contribution in [0.25, 0.3) is 16.7 Å². The van der Waals surface area contributed by atoms with Crippen LogP contribution in [-0.2, 0) is 0 Å². The first kappa shape index (κ1) is 14.2. The van der Waals surface area contributed by atoms with Gasteiger partial charge in [0.1, 0.15) is 17.2 Å². The molecule has 3 aromatic rings. The maximum absolute atomic E-state index is 9.32. The summed E-state index contributed by atoms with van der Waals surface area (Å²) in [5.74, 6) is 0.265. The standard InChI is InChI=1S/C17H12ClN3O/c1-11-4-2-3-5-14(11)20-10-12(9-19)17-21-15-8-13(18)6-7-16(15)22-17/h2-8,10,20H,1H3/b12-10-. The lowest BCUT2D eigenvalue weighted by Gasteiger charge is -2.04. The highest BCUT2D eigenvalue weighted by Gasteiger charge is 2.11. The molecule has 0 amide bonds. The van der Waals surface area contributed by atoms with Gasteiger partial charge in [-0.05, 0) is 36.8 Å². The second kappa shape index (κ2) is 5.92. The number of anilines is 1. The minimum Gasteiger partial charge on any atom is -0.435 e. The number of hydrogen-bond acceptors (Lipinski definition) is 4. The van der Waals surface area contributed by atoms with E-state index in [9.17, 15) is 5.26 Å². The van der Waals surface area contributed by atoms with Crippen molar-refractivity contribution in [3.63, 3.8) is 0 Å². The van der Waals surface area contributed by atoms with E-state index in [1.54, 1.807) is 24.4 Å². The maximum Gasteiger partial charge on any atom is 0.239 e. The molecule has 22 heavy (non-hydrogen) atoms. The van der Waals surface area contributed by atoms with Crippen LogP contribution in [0.4, 0.5) is 5.69 Å². The number of benzene rings is 2. The van der Waals surface area contributed by atoms with E-state index in [1.807, 2.05) is 31.2 Å². The van der Waals surface area contributed by atoms with Crippen molar-refractivity contribution in [2.24, 2.45) is 0 Å². The van der Waals surface area contributed by atoms with Gasteiger partial charge in [-0.1, -0.05) is 29.8 Å². The van der Waals surface area contributed by atoms with Crippen molar-refractivity contribution in [3.05, 3.63) is 65.1 Å². The lowest BCUT2D eigenvalue weighted by atomic mass is 10.2. The Balaban J connectivity index is 1.94. The first-order valence-corrected chi connectivity index (χ1v) is 7.04. The average molecular weight is 310 g/mol. The number of hydrogen-bond donors (Lipinski definition) is 1. The molecule has 1 aromatic heterocycles. The second-order valence-electron chi connectivity index (χ2n) is 4.76. The SMILES string of the molecule is Cc1ccccc1N/C=C(/C#N)c1nc2cc(Cl)ccc2o1. The summed E-state index contributed by atoms with van der Waals surface area (Å²) in [5, 5.41) is 13.0. The third kappa shape index (κ3) is 2.80. The quantitative estimate of drug-likeness (QED) is 0.708. The second-order valence-corrected chi connectivity index (χ2v) is 5.20. The predicted molar refractivity (Wildman–Crippen MR) is 87.4 cm³/mol. The van der Waals surface area contributed by atoms with Crippen molar-refractivity contribution in [1.82, 2.24) is 4.98 Å². The van der Waals surface area contributed by atoms with Crippen LogP contribution in [0.1, 0.15) is 11.5 Å². The lowest BCUT2D eigenvalue weighted by Crippen LogP contribution is -1.93. The number of aromatic nitrogens is 1. The predicted octanol–water partition coefficient (Wildman–Crippen LogP) is 4.77. The lowest BCUT2D eigenvalue weighted by molar-refractivity contribution is 0.586. The summed E-state index contributed by atoms with van der Waals surface area (Å²) in [5.41, 5.74) is 3.54. The highest BCUT2D eigenvalue weighted by Crippen LogP contribution is 2.24. The summed E-state index contributed by atoms with van der Waals surface area (Å²) in [4.78, 5) is 4.30. The summed E-state index contributed by atoms with van der Waals surface area (Å²) in [6.45, 7) is 1.99. The highest BCUT2D eigenvalue weighted by molar-refractivity contribution is 6.31. The molecule has 0 aliphatic carbocycles. The molecule has 0 aliphatic rings. The molecular weight excluding hydrogens is 298 g/mol. The minimum absolute atomic E-state index is 0.265. The molecule has 2 aromatic carbocycles. The Labute approximate surface area is 132 Å². The summed E-state index contributed by atoms with van der Waals surface area (Å²) >= 11 is 5.93. The van der Waals surface area contributed by atoms with Crippen molar-refractivity contribution in [2.75, 3.05) is 5.32 Å². The fourth-order valence-corrected chi connectivity index (χ4v) is 2.21. The van der Waals surface area contributed by atoms with Gasteiger partial charge in [-0.2, -0.15) is 5.26 Å². The zero-order valence-corrected chi connectivity index (χ0v) is 12.6. The molecule has 0 radical (unpaired) electrons. The van der Waals surface area contributed by atoms with Crippen LogP contribution < -0.4 is 5.32 Å². The van der Waals surface area contributed by atoms with E-state index < -0.39 is 0 Å². The third-order valence-corrected chi connectivity index (χ3v) is 3.45. The van der Waals surface area contributed by atoms with Gasteiger partial charge < -0.3 is 9.73 Å². The molecule has 0 saturated carbocycles. The van der Waals surface area contributed by atoms with Gasteiger partial charge >= 0.3 is 0 Å². The first-order chi connectivity index (χ1) is 10.7. The Hall–Kier alpha value is -2.77. The molecule has 0 atom stereocenters. The Morgan fingerprint density at radius 3 is 2.91 bits per heavy atom. The normalized spacial score (nSPS) is 11.4. The highest BCUT2D eigenvalue weighted by atomic mass is 35.5. The van der Waals surface area contributed by atoms with Gasteiger partial charge in [-0.15, -0.1) is 0 Å². The van der Waals surface area contributed by atoms with Crippen LogP contribution in [0.3, 0.4) is 0 Å². The van der Waals surface area contributed by atoms with Gasteiger partial charge in [0.2, 0.25) is 5.89 Å². The zero-order chi connectivity index (χ0) is 15.5. The molecule has 3 rings (SSSR count). The van der Waals surface area contributed by atoms with Crippen LogP contribution in [0.5, 0.6) is 0 Å². The van der Waals surface area contributed by atoms with Gasteiger partial charge in [0.15, 0.2) is 5.58 Å². The smallest absolute Gasteiger partial charge is 0.239 e. The van der Waals surface area contributed by atoms with Crippen molar-refractivity contribution in [2.45, 2.75) is 6.92 Å². The Bertz CT molecular complexity index is 906. The number of para-hydroxylation sites is 1. The molecule has 0 aliphatic heterocycles. The van der Waals surface area contributed by atoms with E-state index in [2.05, 4.69) is 16.4 Å². The molecule has 5 heteroatoms. The molecule has 0 saturated heterocycles. The zero-order valence-electron chi connectivity index (χ0n) is 11.8. The van der Waals surface area contributed by atoms with E-state index in [1.165, 1.54) is 0 Å². The van der Waals surface area contributed by atoms with Crippen LogP contribution >= 0.6 is 11.6 Å². The van der Waals surface area contributed by atoms with E-state index in [-0.39, 0.29) is 5.89 Å². The van der Waals surface area contributed by atoms with Crippen LogP contribution in [0.15, 0.2) is 53.1 Å². The van der Waals surface area contributed by atoms with E-state index in [4.69, 9.17) is 16.0 Å². The fourth-order valence-electron chi connectivity index (χ4n) is 2.04. The van der Waals surface area contributed by atoms with Gasteiger partial charge in [0, 0.05) is 16.9 Å². The molecule has 1 heterocycles. The van der Waals surface area contributed by atoms with Gasteiger partial charge in [0.25, 0.3) is 0 Å². The number of oxazole rings is 1. The van der Waals surface area contributed by atoms with Crippen molar-refractivity contribution in [3.8, 4) is 6.07 Å². The largest absolute Gasteiger partial charge is 0.435 e. The maximum atomic E-state index is 9.32. The van der Waals surface area contributed by atoms with Crippen LogP contribution in [0, 0.1) is 18.3 Å². The fraction of sp³-hybridized carbons (Fsp3) is 0.0588. The van der Waals surface area contributed by atoms with Crippen molar-refractivity contribution in [1.29, 1.82) is 5.26 Å². The molecule has 0 fully saturated rings. The number of allylic oxidation sites excluding steroid dienone is 1. The van der Waals surface area contributed by atoms with E-state index in [0.717, 1.165) is 11.3 Å². The van der Waals surface area contributed by atoms with E-state index in [0.29, 0.717) is 21.7 Å². The van der Waals surface area contributed by atoms with Gasteiger partial charge in [0.05, 0.1) is 0 Å². The van der Waals surface area contributed by atoms with Gasteiger partial charge in [-0.25, -0.2) is 4.98 Å². The number of nitriles is 1. The average Bonchev–Trinajstić information content (AvgIpc) is 2.92. The molecule has 1 N–H and O–H groups in total. The van der Waals surface area contributed by atoms with Crippen molar-refractivity contribution < 1.29 is 4.42 Å². The first-order valence-electron chi connectivity index (χ1n) is 6.66. The van der Waals surface area contributed by atoms with Gasteiger partial charge in [-0.3, -0.25) is 0 Å². The minimum atomic E-state index is 0.265. The molecule has 108 valence electrons.